The van der Waals surface area contributed by atoms with Crippen molar-refractivity contribution in [3.8, 4) is 5.75 Å². The van der Waals surface area contributed by atoms with Gasteiger partial charge in [0.25, 0.3) is 0 Å². The van der Waals surface area contributed by atoms with Crippen molar-refractivity contribution in [3.05, 3.63) is 65.7 Å². The normalized spacial score (nSPS) is 20.6. The fraction of sp³-hybridized carbons (Fsp3) is 0.286. The molecule has 2 fully saturated rings. The van der Waals surface area contributed by atoms with Gasteiger partial charge in [0.1, 0.15) is 18.1 Å². The topological polar surface area (TPSA) is 112 Å². The number of methoxy groups -OCH3 is 1. The van der Waals surface area contributed by atoms with Crippen LogP contribution in [0.15, 0.2) is 54.6 Å². The van der Waals surface area contributed by atoms with E-state index in [1.165, 1.54) is 4.90 Å². The minimum absolute atomic E-state index is 0.103. The largest absolute Gasteiger partial charge is 0.497 e. The summed E-state index contributed by atoms with van der Waals surface area (Å²) in [4.78, 5) is 37.8. The van der Waals surface area contributed by atoms with E-state index in [-0.39, 0.29) is 37.0 Å². The number of urea groups is 2. The molecule has 2 saturated heterocycles. The highest BCUT2D eigenvalue weighted by molar-refractivity contribution is 5.85. The predicted molar refractivity (Wildman–Crippen MR) is 109 cm³/mol. The van der Waals surface area contributed by atoms with E-state index in [1.807, 2.05) is 54.6 Å². The molecular weight excluding hydrogens is 386 g/mol. The highest BCUT2D eigenvalue weighted by atomic mass is 16.5. The molecule has 2 aliphatic heterocycles. The van der Waals surface area contributed by atoms with E-state index >= 15 is 0 Å². The fourth-order valence-electron chi connectivity index (χ4n) is 3.69. The molecule has 2 aliphatic rings. The average molecular weight is 409 g/mol. The Kier molecular flexibility index (Phi) is 5.42. The molecule has 3 atom stereocenters. The van der Waals surface area contributed by atoms with Crippen molar-refractivity contribution < 1.29 is 19.1 Å². The Hall–Kier alpha value is -3.75. The van der Waals surface area contributed by atoms with Gasteiger partial charge in [0.15, 0.2) is 0 Å². The van der Waals surface area contributed by atoms with Crippen LogP contribution in [0.5, 0.6) is 5.75 Å². The van der Waals surface area contributed by atoms with Crippen LogP contribution in [0, 0.1) is 0 Å². The Labute approximate surface area is 173 Å². The molecule has 0 bridgehead atoms. The smallest absolute Gasteiger partial charge is 0.320 e. The van der Waals surface area contributed by atoms with Gasteiger partial charge in [0.2, 0.25) is 5.91 Å². The molecule has 0 spiro atoms. The molecule has 30 heavy (non-hydrogen) atoms. The lowest BCUT2D eigenvalue weighted by atomic mass is 9.98. The number of nitrogens with one attached hydrogen (secondary N) is 4. The molecular formula is C21H23N5O4. The molecule has 4 N–H and O–H groups in total. The third-order valence-corrected chi connectivity index (χ3v) is 5.22. The third-order valence-electron chi connectivity index (χ3n) is 5.22. The SMILES string of the molecule is COc1ccc([C@H](NC(=O)CCN2C(=O)N[C@H]3NC(=O)N[C@H]32)c2ccccc2)cc1. The second-order valence-corrected chi connectivity index (χ2v) is 7.12. The van der Waals surface area contributed by atoms with Crippen LogP contribution in [0.4, 0.5) is 9.59 Å². The van der Waals surface area contributed by atoms with E-state index in [9.17, 15) is 14.4 Å². The molecule has 0 radical (unpaired) electrons. The first-order valence-electron chi connectivity index (χ1n) is 9.67. The van der Waals surface area contributed by atoms with Crippen molar-refractivity contribution in [2.45, 2.75) is 24.8 Å². The standard InChI is InChI=1S/C21H23N5O4/c1-30-15-9-7-14(8-10-15)17(13-5-3-2-4-6-13)22-16(27)11-12-26-19-18(24-21(26)29)23-20(28)25-19/h2-10,17-19H,11-12H2,1H3,(H,22,27)(H,24,29)(H2,23,25,28)/t17-,18-,19+/m1/s1. The van der Waals surface area contributed by atoms with E-state index in [0.717, 1.165) is 16.9 Å². The summed E-state index contributed by atoms with van der Waals surface area (Å²) in [6.07, 6.45) is -0.875. The highest BCUT2D eigenvalue weighted by Crippen LogP contribution is 2.24. The van der Waals surface area contributed by atoms with Gasteiger partial charge in [-0.1, -0.05) is 42.5 Å². The first-order valence-corrected chi connectivity index (χ1v) is 9.67. The van der Waals surface area contributed by atoms with E-state index in [4.69, 9.17) is 4.74 Å². The van der Waals surface area contributed by atoms with Crippen LogP contribution in [0.1, 0.15) is 23.6 Å². The summed E-state index contributed by atoms with van der Waals surface area (Å²) in [7, 11) is 1.60. The van der Waals surface area contributed by atoms with Gasteiger partial charge in [0, 0.05) is 13.0 Å². The molecule has 0 saturated carbocycles. The summed E-state index contributed by atoms with van der Waals surface area (Å²) in [5.74, 6) is 0.534. The number of ether oxygens (including phenoxy) is 1. The Bertz CT molecular complexity index is 934. The highest BCUT2D eigenvalue weighted by Gasteiger charge is 2.45. The van der Waals surface area contributed by atoms with Crippen molar-refractivity contribution in [2.24, 2.45) is 0 Å². The lowest BCUT2D eigenvalue weighted by Crippen LogP contribution is -2.45. The van der Waals surface area contributed by atoms with E-state index in [0.29, 0.717) is 0 Å². The van der Waals surface area contributed by atoms with Gasteiger partial charge in [-0.3, -0.25) is 9.69 Å². The van der Waals surface area contributed by atoms with Crippen LogP contribution in [0.2, 0.25) is 0 Å². The number of hydrogen-bond acceptors (Lipinski definition) is 4. The molecule has 0 unspecified atom stereocenters. The minimum Gasteiger partial charge on any atom is -0.497 e. The number of fused-ring (bicyclic) bond motifs is 1. The maximum atomic E-state index is 12.7. The Morgan fingerprint density at radius 1 is 1.03 bits per heavy atom. The number of carbonyl (C=O) groups excluding carboxylic acids is 3. The number of nitrogens with zero attached hydrogens (tertiary/aromatic N) is 1. The lowest BCUT2D eigenvalue weighted by molar-refractivity contribution is -0.121. The first kappa shape index (κ1) is 19.6. The predicted octanol–water partition coefficient (Wildman–Crippen LogP) is 1.28. The van der Waals surface area contributed by atoms with Gasteiger partial charge in [0.05, 0.1) is 13.2 Å². The summed E-state index contributed by atoms with van der Waals surface area (Å²) in [6.45, 7) is 0.185. The zero-order valence-corrected chi connectivity index (χ0v) is 16.4. The zero-order chi connectivity index (χ0) is 21.1. The van der Waals surface area contributed by atoms with Crippen LogP contribution in [0.3, 0.4) is 0 Å². The zero-order valence-electron chi connectivity index (χ0n) is 16.4. The fourth-order valence-corrected chi connectivity index (χ4v) is 3.69. The third kappa shape index (κ3) is 4.00. The molecule has 2 aromatic carbocycles. The van der Waals surface area contributed by atoms with E-state index in [2.05, 4.69) is 21.3 Å². The second kappa shape index (κ2) is 8.32. The van der Waals surface area contributed by atoms with Gasteiger partial charge in [-0.25, -0.2) is 9.59 Å². The number of rotatable bonds is 7. The second-order valence-electron chi connectivity index (χ2n) is 7.12. The van der Waals surface area contributed by atoms with E-state index in [1.54, 1.807) is 7.11 Å². The van der Waals surface area contributed by atoms with Crippen LogP contribution in [-0.4, -0.2) is 48.9 Å². The van der Waals surface area contributed by atoms with Crippen molar-refractivity contribution in [1.82, 2.24) is 26.2 Å². The molecule has 4 rings (SSSR count). The van der Waals surface area contributed by atoms with Gasteiger partial charge in [-0.05, 0) is 23.3 Å². The monoisotopic (exact) mass is 409 g/mol. The number of amides is 5. The van der Waals surface area contributed by atoms with Crippen molar-refractivity contribution in [2.75, 3.05) is 13.7 Å². The van der Waals surface area contributed by atoms with Gasteiger partial charge in [-0.15, -0.1) is 0 Å². The van der Waals surface area contributed by atoms with Crippen LogP contribution >= 0.6 is 0 Å². The molecule has 0 aromatic heterocycles. The molecule has 2 aromatic rings. The summed E-state index contributed by atoms with van der Waals surface area (Å²) in [5.41, 5.74) is 1.86. The van der Waals surface area contributed by atoms with Crippen LogP contribution in [0.25, 0.3) is 0 Å². The van der Waals surface area contributed by atoms with Crippen molar-refractivity contribution in [3.63, 3.8) is 0 Å². The Morgan fingerprint density at radius 2 is 1.73 bits per heavy atom. The van der Waals surface area contributed by atoms with Crippen molar-refractivity contribution >= 4 is 18.0 Å². The van der Waals surface area contributed by atoms with Gasteiger partial charge < -0.3 is 26.0 Å². The Balaban J connectivity index is 1.44. The molecule has 9 nitrogen and oxygen atoms in total. The van der Waals surface area contributed by atoms with Gasteiger partial charge in [-0.2, -0.15) is 0 Å². The van der Waals surface area contributed by atoms with Gasteiger partial charge >= 0.3 is 12.1 Å². The van der Waals surface area contributed by atoms with Crippen LogP contribution < -0.4 is 26.0 Å². The van der Waals surface area contributed by atoms with Crippen LogP contribution in [-0.2, 0) is 4.79 Å². The summed E-state index contributed by atoms with van der Waals surface area (Å²) in [5, 5.41) is 11.0. The van der Waals surface area contributed by atoms with Crippen molar-refractivity contribution in [1.29, 1.82) is 0 Å². The molecule has 156 valence electrons. The molecule has 0 aliphatic carbocycles. The summed E-state index contributed by atoms with van der Waals surface area (Å²) < 4.78 is 5.22. The minimum atomic E-state index is -0.496. The molecule has 9 heteroatoms. The Morgan fingerprint density at radius 3 is 2.43 bits per heavy atom. The maximum Gasteiger partial charge on any atom is 0.320 e. The lowest BCUT2D eigenvalue weighted by Gasteiger charge is -2.23. The summed E-state index contributed by atoms with van der Waals surface area (Å²) in [6, 6.07) is 16.2. The number of benzene rings is 2. The number of hydrogen-bond donors (Lipinski definition) is 4. The number of carbonyl (C=O) groups is 3. The first-order chi connectivity index (χ1) is 14.5. The molecule has 5 amide bonds. The quantitative estimate of drug-likeness (QED) is 0.552. The average Bonchev–Trinajstić information content (AvgIpc) is 3.25. The maximum absolute atomic E-state index is 12.7. The summed E-state index contributed by atoms with van der Waals surface area (Å²) >= 11 is 0. The van der Waals surface area contributed by atoms with E-state index < -0.39 is 12.3 Å². The molecule has 2 heterocycles.